The number of nitrogens with zero attached hydrogens (tertiary/aromatic N) is 1. The van der Waals surface area contributed by atoms with E-state index in [4.69, 9.17) is 0 Å². The van der Waals surface area contributed by atoms with Gasteiger partial charge in [-0.15, -0.1) is 0 Å². The smallest absolute Gasteiger partial charge is 0.127 e. The second kappa shape index (κ2) is 4.30. The molecule has 2 rings (SSSR count). The predicted octanol–water partition coefficient (Wildman–Crippen LogP) is 3.44. The number of halogens is 1. The van der Waals surface area contributed by atoms with E-state index in [0.29, 0.717) is 6.04 Å². The van der Waals surface area contributed by atoms with Gasteiger partial charge < -0.3 is 5.32 Å². The van der Waals surface area contributed by atoms with Crippen molar-refractivity contribution >= 4 is 21.7 Å². The molecule has 0 aliphatic heterocycles. The lowest BCUT2D eigenvalue weighted by Gasteiger charge is -2.04. The summed E-state index contributed by atoms with van der Waals surface area (Å²) in [6.45, 7) is 2.24. The van der Waals surface area contributed by atoms with Crippen molar-refractivity contribution in [3.63, 3.8) is 0 Å². The van der Waals surface area contributed by atoms with E-state index in [1.807, 2.05) is 18.2 Å². The number of anilines is 1. The van der Waals surface area contributed by atoms with E-state index >= 15 is 0 Å². The first-order chi connectivity index (χ1) is 6.79. The Bertz CT molecular complexity index is 314. The van der Waals surface area contributed by atoms with Gasteiger partial charge in [-0.1, -0.05) is 19.4 Å². The summed E-state index contributed by atoms with van der Waals surface area (Å²) < 4.78 is 0.898. The fraction of sp³-hybridized carbons (Fsp3) is 0.545. The predicted molar refractivity (Wildman–Crippen MR) is 62.4 cm³/mol. The second-order valence-electron chi connectivity index (χ2n) is 3.88. The molecule has 1 aliphatic rings. The lowest BCUT2D eigenvalue weighted by molar-refractivity contribution is 0.692. The number of hydrogen-bond donors (Lipinski definition) is 1. The van der Waals surface area contributed by atoms with Crippen molar-refractivity contribution in [2.45, 2.75) is 32.2 Å². The maximum Gasteiger partial charge on any atom is 0.127 e. The van der Waals surface area contributed by atoms with E-state index in [1.54, 1.807) is 0 Å². The highest BCUT2D eigenvalue weighted by molar-refractivity contribution is 9.10. The first-order valence-corrected chi connectivity index (χ1v) is 5.98. The van der Waals surface area contributed by atoms with Crippen molar-refractivity contribution in [1.29, 1.82) is 0 Å². The van der Waals surface area contributed by atoms with Gasteiger partial charge >= 0.3 is 0 Å². The first kappa shape index (κ1) is 9.97. The van der Waals surface area contributed by atoms with Crippen LogP contribution in [0.5, 0.6) is 0 Å². The minimum Gasteiger partial charge on any atom is -0.367 e. The van der Waals surface area contributed by atoms with Gasteiger partial charge in [0.15, 0.2) is 0 Å². The molecule has 0 saturated heterocycles. The lowest BCUT2D eigenvalue weighted by atomic mass is 10.2. The third-order valence-corrected chi connectivity index (χ3v) is 3.07. The molecule has 1 heterocycles. The van der Waals surface area contributed by atoms with E-state index in [2.05, 4.69) is 33.2 Å². The minimum absolute atomic E-state index is 0.664. The molecule has 1 N–H and O–H groups in total. The van der Waals surface area contributed by atoms with E-state index < -0.39 is 0 Å². The maximum atomic E-state index is 4.35. The summed E-state index contributed by atoms with van der Waals surface area (Å²) in [6, 6.07) is 6.64. The van der Waals surface area contributed by atoms with Crippen molar-refractivity contribution in [3.05, 3.63) is 22.8 Å². The molecular weight excluding hydrogens is 240 g/mol. The van der Waals surface area contributed by atoms with Crippen LogP contribution in [0, 0.1) is 5.92 Å². The van der Waals surface area contributed by atoms with Gasteiger partial charge in [-0.2, -0.15) is 0 Å². The molecule has 2 atom stereocenters. The van der Waals surface area contributed by atoms with Gasteiger partial charge in [0.05, 0.1) is 0 Å². The molecule has 1 aromatic heterocycles. The molecule has 1 aliphatic carbocycles. The van der Waals surface area contributed by atoms with Crippen LogP contribution in [0.1, 0.15) is 26.2 Å². The summed E-state index contributed by atoms with van der Waals surface area (Å²) in [4.78, 5) is 4.35. The first-order valence-electron chi connectivity index (χ1n) is 5.18. The Morgan fingerprint density at radius 3 is 3.14 bits per heavy atom. The average Bonchev–Trinajstić information content (AvgIpc) is 2.84. The Labute approximate surface area is 93.3 Å². The number of aromatic nitrogens is 1. The Balaban J connectivity index is 1.87. The molecule has 3 heteroatoms. The summed E-state index contributed by atoms with van der Waals surface area (Å²) >= 11 is 3.37. The summed E-state index contributed by atoms with van der Waals surface area (Å²) in [5.74, 6) is 1.86. The summed E-state index contributed by atoms with van der Waals surface area (Å²) in [7, 11) is 0. The molecule has 0 aromatic carbocycles. The Morgan fingerprint density at radius 2 is 2.43 bits per heavy atom. The van der Waals surface area contributed by atoms with Gasteiger partial charge in [0.2, 0.25) is 0 Å². The minimum atomic E-state index is 0.664. The van der Waals surface area contributed by atoms with Crippen molar-refractivity contribution in [3.8, 4) is 0 Å². The monoisotopic (exact) mass is 254 g/mol. The Morgan fingerprint density at radius 1 is 1.57 bits per heavy atom. The third kappa shape index (κ3) is 2.47. The van der Waals surface area contributed by atoms with Crippen molar-refractivity contribution in [1.82, 2.24) is 4.98 Å². The summed E-state index contributed by atoms with van der Waals surface area (Å²) in [5.41, 5.74) is 0. The largest absolute Gasteiger partial charge is 0.367 e. The van der Waals surface area contributed by atoms with Crippen LogP contribution in [0.4, 0.5) is 5.82 Å². The van der Waals surface area contributed by atoms with Crippen LogP contribution in [-0.2, 0) is 0 Å². The van der Waals surface area contributed by atoms with Gasteiger partial charge in [0.1, 0.15) is 10.4 Å². The highest BCUT2D eigenvalue weighted by Crippen LogP contribution is 2.36. The molecule has 14 heavy (non-hydrogen) atoms. The molecule has 1 saturated carbocycles. The average molecular weight is 255 g/mol. The van der Waals surface area contributed by atoms with Crippen LogP contribution in [0.25, 0.3) is 0 Å². The number of rotatable bonds is 4. The number of nitrogens with one attached hydrogen (secondary N) is 1. The number of pyridine rings is 1. The van der Waals surface area contributed by atoms with Crippen LogP contribution in [0.3, 0.4) is 0 Å². The van der Waals surface area contributed by atoms with Crippen molar-refractivity contribution in [2.75, 3.05) is 5.32 Å². The molecule has 0 radical (unpaired) electrons. The zero-order valence-corrected chi connectivity index (χ0v) is 9.92. The standard InChI is InChI=1S/C11H15BrN2/c1-2-4-8-7-9(8)13-11-6-3-5-10(12)14-11/h3,5-6,8-9H,2,4,7H2,1H3,(H,13,14). The van der Waals surface area contributed by atoms with Gasteiger partial charge in [0.25, 0.3) is 0 Å². The van der Waals surface area contributed by atoms with Crippen molar-refractivity contribution < 1.29 is 0 Å². The topological polar surface area (TPSA) is 24.9 Å². The highest BCUT2D eigenvalue weighted by atomic mass is 79.9. The van der Waals surface area contributed by atoms with Crippen LogP contribution in [0.2, 0.25) is 0 Å². The third-order valence-electron chi connectivity index (χ3n) is 2.63. The van der Waals surface area contributed by atoms with Gasteiger partial charge in [-0.05, 0) is 46.8 Å². The van der Waals surface area contributed by atoms with Crippen LogP contribution < -0.4 is 5.32 Å². The molecular formula is C11H15BrN2. The zero-order chi connectivity index (χ0) is 9.97. The normalized spacial score (nSPS) is 24.7. The molecule has 0 spiro atoms. The van der Waals surface area contributed by atoms with Crippen LogP contribution >= 0.6 is 15.9 Å². The SMILES string of the molecule is CCCC1CC1Nc1cccc(Br)n1. The van der Waals surface area contributed by atoms with Crippen LogP contribution in [-0.4, -0.2) is 11.0 Å². The molecule has 2 unspecified atom stereocenters. The van der Waals surface area contributed by atoms with Crippen LogP contribution in [0.15, 0.2) is 22.8 Å². The Hall–Kier alpha value is -0.570. The quantitative estimate of drug-likeness (QED) is 0.833. The highest BCUT2D eigenvalue weighted by Gasteiger charge is 2.35. The van der Waals surface area contributed by atoms with Crippen molar-refractivity contribution in [2.24, 2.45) is 5.92 Å². The fourth-order valence-corrected chi connectivity index (χ4v) is 2.14. The Kier molecular flexibility index (Phi) is 3.06. The van der Waals surface area contributed by atoms with E-state index in [0.717, 1.165) is 16.3 Å². The number of hydrogen-bond acceptors (Lipinski definition) is 2. The second-order valence-corrected chi connectivity index (χ2v) is 4.69. The van der Waals surface area contributed by atoms with E-state index in [9.17, 15) is 0 Å². The van der Waals surface area contributed by atoms with Gasteiger partial charge in [-0.25, -0.2) is 4.98 Å². The maximum absolute atomic E-state index is 4.35. The summed E-state index contributed by atoms with van der Waals surface area (Å²) in [6.07, 6.45) is 3.93. The summed E-state index contributed by atoms with van der Waals surface area (Å²) in [5, 5.41) is 3.45. The molecule has 76 valence electrons. The molecule has 1 fully saturated rings. The lowest BCUT2D eigenvalue weighted by Crippen LogP contribution is -2.05. The van der Waals surface area contributed by atoms with E-state index in [-0.39, 0.29) is 0 Å². The molecule has 0 amide bonds. The van der Waals surface area contributed by atoms with E-state index in [1.165, 1.54) is 19.3 Å². The molecule has 1 aromatic rings. The van der Waals surface area contributed by atoms with Gasteiger partial charge in [0, 0.05) is 6.04 Å². The zero-order valence-electron chi connectivity index (χ0n) is 8.33. The molecule has 2 nitrogen and oxygen atoms in total. The fourth-order valence-electron chi connectivity index (χ4n) is 1.79. The molecule has 0 bridgehead atoms. The van der Waals surface area contributed by atoms with Gasteiger partial charge in [-0.3, -0.25) is 0 Å².